The van der Waals surface area contributed by atoms with Gasteiger partial charge in [-0.3, -0.25) is 0 Å². The molecule has 2 aliphatic carbocycles. The van der Waals surface area contributed by atoms with Crippen molar-refractivity contribution >= 4 is 11.9 Å². The number of rotatable bonds is 29. The van der Waals surface area contributed by atoms with Crippen LogP contribution in [0.2, 0.25) is 0 Å². The van der Waals surface area contributed by atoms with E-state index >= 15 is 0 Å². The van der Waals surface area contributed by atoms with Crippen molar-refractivity contribution in [3.05, 3.63) is 131 Å². The molecule has 0 unspecified atom stereocenters. The van der Waals surface area contributed by atoms with Crippen molar-refractivity contribution in [2.24, 2.45) is 23.7 Å². The Morgan fingerprint density at radius 3 is 1.06 bits per heavy atom. The smallest absolute Gasteiger partial charge is 0.338 e. The highest BCUT2D eigenvalue weighted by Crippen LogP contribution is 2.38. The topological polar surface area (TPSA) is 71.1 Å². The predicted molar refractivity (Wildman–Crippen MR) is 269 cm³/mol. The van der Waals surface area contributed by atoms with Crippen molar-refractivity contribution in [2.45, 2.75) is 180 Å². The van der Waals surface area contributed by atoms with Crippen LogP contribution in [-0.2, 0) is 9.47 Å². The van der Waals surface area contributed by atoms with Gasteiger partial charge >= 0.3 is 11.9 Å². The molecule has 4 aromatic rings. The molecule has 2 aliphatic rings. The number of hydrogen-bond acceptors (Lipinski definition) is 6. The van der Waals surface area contributed by atoms with E-state index in [0.29, 0.717) is 24.3 Å². The van der Waals surface area contributed by atoms with Crippen LogP contribution in [0.4, 0.5) is 0 Å². The Morgan fingerprint density at radius 1 is 0.409 bits per heavy atom. The molecule has 4 aromatic carbocycles. The lowest BCUT2D eigenvalue weighted by molar-refractivity contribution is -0.0388. The fraction of sp³-hybridized carbons (Fsp3) is 0.567. The molecule has 66 heavy (non-hydrogen) atoms. The Balaban J connectivity index is 0.966. The molecular weight excluding hydrogens is 817 g/mol. The minimum Gasteiger partial charge on any atom is -0.494 e. The van der Waals surface area contributed by atoms with Crippen LogP contribution >= 0.6 is 0 Å². The van der Waals surface area contributed by atoms with Gasteiger partial charge < -0.3 is 18.9 Å². The van der Waals surface area contributed by atoms with Gasteiger partial charge in [0.2, 0.25) is 0 Å². The van der Waals surface area contributed by atoms with Gasteiger partial charge in [-0.25, -0.2) is 9.59 Å². The lowest BCUT2D eigenvalue weighted by atomic mass is 9.78. The third kappa shape index (κ3) is 17.6. The molecule has 0 radical (unpaired) electrons. The minimum absolute atomic E-state index is 0.398. The van der Waals surface area contributed by atoms with Crippen LogP contribution < -0.4 is 9.47 Å². The maximum Gasteiger partial charge on any atom is 0.338 e. The zero-order valence-corrected chi connectivity index (χ0v) is 40.7. The maximum absolute atomic E-state index is 13.9. The lowest BCUT2D eigenvalue weighted by Crippen LogP contribution is -2.23. The molecule has 0 saturated heterocycles. The standard InChI is InChI=1S/C60H82O6/c1-3-5-7-9-13-21-47-29-33-49(34-30-47)23-19-45-63-55-41-37-53(38-42-55)59(61)65-57(51-25-15-11-16-26-51)58(52-27-17-12-18-28-52)66-60(62)54-39-43-56(44-40-54)64-46-20-24-50-35-31-48(32-36-50)22-14-10-8-6-4-2/h11-12,15-18,25-28,37-44,47-50,57-58H,3-10,13-14,19-24,29-36,45-46H2,1-2H3/t47?,48?,49?,50?,57-,58-/m1/s1. The Kier molecular flexibility index (Phi) is 22.5. The molecule has 0 heterocycles. The van der Waals surface area contributed by atoms with Gasteiger partial charge in [-0.05, 0) is 109 Å². The number of ether oxygens (including phenoxy) is 4. The van der Waals surface area contributed by atoms with Crippen LogP contribution in [0.3, 0.4) is 0 Å². The molecule has 6 heteroatoms. The summed E-state index contributed by atoms with van der Waals surface area (Å²) in [5.74, 6) is 3.95. The van der Waals surface area contributed by atoms with Gasteiger partial charge in [0.1, 0.15) is 11.5 Å². The summed E-state index contributed by atoms with van der Waals surface area (Å²) in [7, 11) is 0. The Bertz CT molecular complexity index is 1750. The van der Waals surface area contributed by atoms with E-state index in [1.54, 1.807) is 24.3 Å². The number of esters is 2. The van der Waals surface area contributed by atoms with Gasteiger partial charge in [-0.2, -0.15) is 0 Å². The molecule has 6 nitrogen and oxygen atoms in total. The molecule has 2 atom stereocenters. The van der Waals surface area contributed by atoms with Crippen LogP contribution in [0, 0.1) is 23.7 Å². The van der Waals surface area contributed by atoms with Crippen molar-refractivity contribution < 1.29 is 28.5 Å². The minimum atomic E-state index is -0.907. The first-order valence-electron chi connectivity index (χ1n) is 26.5. The average Bonchev–Trinajstić information content (AvgIpc) is 3.36. The largest absolute Gasteiger partial charge is 0.494 e. The number of unbranched alkanes of at least 4 members (excludes halogenated alkanes) is 8. The fourth-order valence-corrected chi connectivity index (χ4v) is 10.5. The monoisotopic (exact) mass is 899 g/mol. The third-order valence-electron chi connectivity index (χ3n) is 14.6. The van der Waals surface area contributed by atoms with E-state index in [1.165, 1.54) is 141 Å². The van der Waals surface area contributed by atoms with E-state index < -0.39 is 24.1 Å². The summed E-state index contributed by atoms with van der Waals surface area (Å²) >= 11 is 0. The van der Waals surface area contributed by atoms with Crippen LogP contribution in [0.5, 0.6) is 11.5 Å². The first-order valence-corrected chi connectivity index (χ1v) is 26.5. The number of carbonyl (C=O) groups excluding carboxylic acids is 2. The summed E-state index contributed by atoms with van der Waals surface area (Å²) in [5, 5.41) is 0. The van der Waals surface area contributed by atoms with Crippen molar-refractivity contribution in [3.63, 3.8) is 0 Å². The quantitative estimate of drug-likeness (QED) is 0.0399. The Labute approximate surface area is 399 Å². The molecule has 2 saturated carbocycles. The number of carbonyl (C=O) groups is 2. The van der Waals surface area contributed by atoms with E-state index in [-0.39, 0.29) is 0 Å². The van der Waals surface area contributed by atoms with E-state index in [9.17, 15) is 9.59 Å². The van der Waals surface area contributed by atoms with Gasteiger partial charge in [0.25, 0.3) is 0 Å². The van der Waals surface area contributed by atoms with E-state index in [1.807, 2.05) is 84.9 Å². The SMILES string of the molecule is CCCCCCCC1CCC(CCCOc2ccc(C(=O)O[C@H](c3ccccc3)[C@H](OC(=O)c3ccc(OCCCC4CCC(CCCCCCC)CC4)cc3)c3ccccc3)cc2)CC1. The summed E-state index contributed by atoms with van der Waals surface area (Å²) in [6.45, 7) is 5.90. The molecule has 358 valence electrons. The lowest BCUT2D eigenvalue weighted by Gasteiger charge is -2.28. The van der Waals surface area contributed by atoms with Crippen LogP contribution in [0.15, 0.2) is 109 Å². The molecule has 0 amide bonds. The summed E-state index contributed by atoms with van der Waals surface area (Å²) in [6, 6.07) is 33.3. The van der Waals surface area contributed by atoms with Crippen LogP contribution in [-0.4, -0.2) is 25.2 Å². The van der Waals surface area contributed by atoms with Gasteiger partial charge in [-0.1, -0.05) is 203 Å². The van der Waals surface area contributed by atoms with Crippen molar-refractivity contribution in [1.29, 1.82) is 0 Å². The second kappa shape index (κ2) is 29.2. The molecule has 0 N–H and O–H groups in total. The first kappa shape index (κ1) is 50.8. The summed E-state index contributed by atoms with van der Waals surface area (Å²) in [5.41, 5.74) is 2.24. The van der Waals surface area contributed by atoms with Crippen LogP contribution in [0.25, 0.3) is 0 Å². The Morgan fingerprint density at radius 2 is 0.727 bits per heavy atom. The molecule has 0 aromatic heterocycles. The second-order valence-electron chi connectivity index (χ2n) is 19.7. The first-order chi connectivity index (χ1) is 32.5. The third-order valence-corrected chi connectivity index (χ3v) is 14.6. The normalized spacial score (nSPS) is 19.4. The van der Waals surface area contributed by atoms with E-state index in [0.717, 1.165) is 59.1 Å². The van der Waals surface area contributed by atoms with Gasteiger partial charge in [0.15, 0.2) is 12.2 Å². The van der Waals surface area contributed by atoms with Gasteiger partial charge in [-0.15, -0.1) is 0 Å². The van der Waals surface area contributed by atoms with Crippen molar-refractivity contribution in [2.75, 3.05) is 13.2 Å². The Hall–Kier alpha value is -4.58. The molecule has 2 fully saturated rings. The van der Waals surface area contributed by atoms with Crippen molar-refractivity contribution in [3.8, 4) is 11.5 Å². The zero-order chi connectivity index (χ0) is 46.0. The zero-order valence-electron chi connectivity index (χ0n) is 40.7. The number of benzene rings is 4. The summed E-state index contributed by atoms with van der Waals surface area (Å²) in [4.78, 5) is 27.8. The molecule has 6 rings (SSSR count). The number of hydrogen-bond donors (Lipinski definition) is 0. The molecule has 0 bridgehead atoms. The highest BCUT2D eigenvalue weighted by atomic mass is 16.6. The molecular formula is C60H82O6. The summed E-state index contributed by atoms with van der Waals surface area (Å²) < 4.78 is 24.9. The second-order valence-corrected chi connectivity index (χ2v) is 19.7. The van der Waals surface area contributed by atoms with E-state index in [4.69, 9.17) is 18.9 Å². The predicted octanol–water partition coefficient (Wildman–Crippen LogP) is 16.8. The fourth-order valence-electron chi connectivity index (χ4n) is 10.5. The highest BCUT2D eigenvalue weighted by Gasteiger charge is 2.33. The maximum atomic E-state index is 13.9. The van der Waals surface area contributed by atoms with Crippen molar-refractivity contribution in [1.82, 2.24) is 0 Å². The molecule has 0 aliphatic heterocycles. The highest BCUT2D eigenvalue weighted by molar-refractivity contribution is 5.90. The summed E-state index contributed by atoms with van der Waals surface area (Å²) in [6.07, 6.45) is 30.3. The molecule has 0 spiro atoms. The van der Waals surface area contributed by atoms with Gasteiger partial charge in [0, 0.05) is 0 Å². The average molecular weight is 899 g/mol. The van der Waals surface area contributed by atoms with E-state index in [2.05, 4.69) is 13.8 Å². The van der Waals surface area contributed by atoms with Gasteiger partial charge in [0.05, 0.1) is 24.3 Å². The van der Waals surface area contributed by atoms with Crippen LogP contribution in [0.1, 0.15) is 212 Å².